The molecule has 0 saturated carbocycles. The van der Waals surface area contributed by atoms with E-state index in [9.17, 15) is 4.79 Å². The first-order valence-electron chi connectivity index (χ1n) is 6.56. The normalized spacial score (nSPS) is 15.0. The standard InChI is InChI=1S/C15H16N2O3S/c1-3-19-15(18)13-10(2)20-9-12(21)14(17-13)16-11-7-5-4-6-8-11/h4-8H,3,9H2,1-2H3,(H,16,17). The Morgan fingerprint density at radius 2 is 2.14 bits per heavy atom. The van der Waals surface area contributed by atoms with Crippen molar-refractivity contribution in [2.75, 3.05) is 18.5 Å². The van der Waals surface area contributed by atoms with E-state index in [1.165, 1.54) is 0 Å². The van der Waals surface area contributed by atoms with Crippen LogP contribution in [-0.4, -0.2) is 29.9 Å². The van der Waals surface area contributed by atoms with Crippen LogP contribution in [0, 0.1) is 0 Å². The van der Waals surface area contributed by atoms with Crippen LogP contribution in [0.4, 0.5) is 5.69 Å². The van der Waals surface area contributed by atoms with Crippen LogP contribution in [-0.2, 0) is 14.3 Å². The fourth-order valence-electron chi connectivity index (χ4n) is 1.71. The van der Waals surface area contributed by atoms with E-state index in [0.29, 0.717) is 16.5 Å². The Balaban J connectivity index is 2.31. The van der Waals surface area contributed by atoms with Crippen molar-refractivity contribution >= 4 is 34.6 Å². The Bertz CT molecular complexity index is 609. The summed E-state index contributed by atoms with van der Waals surface area (Å²) in [6.07, 6.45) is 0. The third-order valence-corrected chi connectivity index (χ3v) is 3.06. The van der Waals surface area contributed by atoms with Crippen LogP contribution in [0.15, 0.2) is 46.8 Å². The zero-order chi connectivity index (χ0) is 15.2. The van der Waals surface area contributed by atoms with E-state index in [2.05, 4.69) is 10.3 Å². The third-order valence-electron chi connectivity index (χ3n) is 2.75. The molecule has 2 rings (SSSR count). The maximum absolute atomic E-state index is 11.9. The first kappa shape index (κ1) is 15.2. The van der Waals surface area contributed by atoms with Gasteiger partial charge in [-0.05, 0) is 26.0 Å². The lowest BCUT2D eigenvalue weighted by Gasteiger charge is -2.09. The van der Waals surface area contributed by atoms with Crippen LogP contribution in [0.3, 0.4) is 0 Å². The maximum atomic E-state index is 11.9. The number of thiocarbonyl (C=S) groups is 1. The van der Waals surface area contributed by atoms with E-state index in [1.54, 1.807) is 13.8 Å². The molecule has 110 valence electrons. The minimum atomic E-state index is -0.521. The monoisotopic (exact) mass is 304 g/mol. The van der Waals surface area contributed by atoms with Gasteiger partial charge in [-0.1, -0.05) is 30.4 Å². The van der Waals surface area contributed by atoms with Gasteiger partial charge < -0.3 is 14.8 Å². The summed E-state index contributed by atoms with van der Waals surface area (Å²) in [7, 11) is 0. The highest BCUT2D eigenvalue weighted by atomic mass is 32.1. The lowest BCUT2D eigenvalue weighted by molar-refractivity contribution is -0.138. The van der Waals surface area contributed by atoms with Gasteiger partial charge in [0.1, 0.15) is 18.2 Å². The number of carbonyl (C=O) groups is 1. The van der Waals surface area contributed by atoms with Gasteiger partial charge in [0.15, 0.2) is 5.70 Å². The van der Waals surface area contributed by atoms with Crippen molar-refractivity contribution in [3.05, 3.63) is 41.8 Å². The zero-order valence-electron chi connectivity index (χ0n) is 11.9. The van der Waals surface area contributed by atoms with Gasteiger partial charge in [0.2, 0.25) is 0 Å². The predicted octanol–water partition coefficient (Wildman–Crippen LogP) is 2.69. The molecule has 1 aliphatic rings. The van der Waals surface area contributed by atoms with Gasteiger partial charge in [0.25, 0.3) is 0 Å². The predicted molar refractivity (Wildman–Crippen MR) is 85.4 cm³/mol. The SMILES string of the molecule is CCOC(=O)C1=C(C)OCC(=S)C(Nc2ccccc2)=N1. The molecule has 1 N–H and O–H groups in total. The van der Waals surface area contributed by atoms with Crippen molar-refractivity contribution in [1.29, 1.82) is 0 Å². The molecule has 1 aromatic rings. The van der Waals surface area contributed by atoms with Gasteiger partial charge in [0, 0.05) is 5.69 Å². The first-order chi connectivity index (χ1) is 10.1. The molecule has 1 aliphatic heterocycles. The summed E-state index contributed by atoms with van der Waals surface area (Å²) in [5.74, 6) is 0.309. The second-order valence-corrected chi connectivity index (χ2v) is 4.78. The molecule has 21 heavy (non-hydrogen) atoms. The average Bonchev–Trinajstić information content (AvgIpc) is 2.62. The van der Waals surface area contributed by atoms with E-state index >= 15 is 0 Å². The number of aliphatic imine (C=N–C) groups is 1. The van der Waals surface area contributed by atoms with E-state index in [1.807, 2.05) is 30.3 Å². The molecule has 0 radical (unpaired) electrons. The number of amidine groups is 1. The minimum absolute atomic E-state index is 0.134. The second-order valence-electron chi connectivity index (χ2n) is 4.29. The van der Waals surface area contributed by atoms with Gasteiger partial charge in [-0.15, -0.1) is 0 Å². The quantitative estimate of drug-likeness (QED) is 0.687. The lowest BCUT2D eigenvalue weighted by Crippen LogP contribution is -2.24. The van der Waals surface area contributed by atoms with Crippen molar-refractivity contribution in [3.8, 4) is 0 Å². The molecule has 0 unspecified atom stereocenters. The molecule has 0 atom stereocenters. The Labute approximate surface area is 128 Å². The number of benzene rings is 1. The summed E-state index contributed by atoms with van der Waals surface area (Å²) >= 11 is 5.27. The largest absolute Gasteiger partial charge is 0.490 e. The number of carbonyl (C=O) groups excluding carboxylic acids is 1. The topological polar surface area (TPSA) is 59.9 Å². The molecule has 0 aromatic heterocycles. The average molecular weight is 304 g/mol. The summed E-state index contributed by atoms with van der Waals surface area (Å²) in [6.45, 7) is 3.88. The molecule has 0 spiro atoms. The molecular weight excluding hydrogens is 288 g/mol. The summed E-state index contributed by atoms with van der Waals surface area (Å²) in [6, 6.07) is 9.48. The fourth-order valence-corrected chi connectivity index (χ4v) is 1.86. The molecule has 0 fully saturated rings. The van der Waals surface area contributed by atoms with Crippen LogP contribution in [0.5, 0.6) is 0 Å². The molecule has 5 nitrogen and oxygen atoms in total. The first-order valence-corrected chi connectivity index (χ1v) is 6.97. The summed E-state index contributed by atoms with van der Waals surface area (Å²) in [5.41, 5.74) is 0.969. The summed E-state index contributed by atoms with van der Waals surface area (Å²) < 4.78 is 10.4. The highest BCUT2D eigenvalue weighted by molar-refractivity contribution is 7.82. The number of hydrogen-bond donors (Lipinski definition) is 1. The number of ether oxygens (including phenoxy) is 2. The molecule has 0 aliphatic carbocycles. The smallest absolute Gasteiger partial charge is 0.360 e. The number of hydrogen-bond acceptors (Lipinski definition) is 6. The highest BCUT2D eigenvalue weighted by Crippen LogP contribution is 2.16. The highest BCUT2D eigenvalue weighted by Gasteiger charge is 2.22. The molecule has 0 bridgehead atoms. The molecule has 1 heterocycles. The summed E-state index contributed by atoms with van der Waals surface area (Å²) in [4.78, 5) is 16.7. The number of para-hydroxylation sites is 1. The van der Waals surface area contributed by atoms with Crippen LogP contribution in [0.2, 0.25) is 0 Å². The van der Waals surface area contributed by atoms with E-state index in [4.69, 9.17) is 21.7 Å². The number of esters is 1. The van der Waals surface area contributed by atoms with Crippen molar-refractivity contribution in [3.63, 3.8) is 0 Å². The minimum Gasteiger partial charge on any atom is -0.490 e. The van der Waals surface area contributed by atoms with Crippen LogP contribution in [0.1, 0.15) is 13.8 Å². The molecule has 6 heteroatoms. The Kier molecular flexibility index (Phi) is 5.05. The van der Waals surface area contributed by atoms with Gasteiger partial charge in [-0.2, -0.15) is 0 Å². The van der Waals surface area contributed by atoms with Gasteiger partial charge in [-0.25, -0.2) is 9.79 Å². The number of nitrogens with zero attached hydrogens (tertiary/aromatic N) is 1. The maximum Gasteiger partial charge on any atom is 0.360 e. The van der Waals surface area contributed by atoms with E-state index in [-0.39, 0.29) is 18.9 Å². The van der Waals surface area contributed by atoms with E-state index in [0.717, 1.165) is 5.69 Å². The van der Waals surface area contributed by atoms with Crippen LogP contribution < -0.4 is 5.32 Å². The lowest BCUT2D eigenvalue weighted by atomic mass is 10.3. The Morgan fingerprint density at radius 3 is 2.81 bits per heavy atom. The Hall–Kier alpha value is -2.21. The molecule has 1 aromatic carbocycles. The Morgan fingerprint density at radius 1 is 1.43 bits per heavy atom. The van der Waals surface area contributed by atoms with Gasteiger partial charge in [0.05, 0.1) is 11.5 Å². The van der Waals surface area contributed by atoms with Gasteiger partial charge in [-0.3, -0.25) is 0 Å². The van der Waals surface area contributed by atoms with Crippen molar-refractivity contribution < 1.29 is 14.3 Å². The van der Waals surface area contributed by atoms with Crippen molar-refractivity contribution in [1.82, 2.24) is 0 Å². The van der Waals surface area contributed by atoms with Crippen LogP contribution in [0.25, 0.3) is 0 Å². The molecular formula is C15H16N2O3S. The molecule has 0 saturated heterocycles. The third kappa shape index (κ3) is 3.88. The molecule has 0 amide bonds. The number of nitrogens with one attached hydrogen (secondary N) is 1. The fraction of sp³-hybridized carbons (Fsp3) is 0.267. The number of allylic oxidation sites excluding steroid dienone is 1. The van der Waals surface area contributed by atoms with Crippen molar-refractivity contribution in [2.45, 2.75) is 13.8 Å². The zero-order valence-corrected chi connectivity index (χ0v) is 12.7. The van der Waals surface area contributed by atoms with Crippen LogP contribution >= 0.6 is 12.2 Å². The number of anilines is 1. The number of rotatable bonds is 3. The van der Waals surface area contributed by atoms with E-state index < -0.39 is 5.97 Å². The second kappa shape index (κ2) is 6.99. The van der Waals surface area contributed by atoms with Crippen molar-refractivity contribution in [2.24, 2.45) is 4.99 Å². The van der Waals surface area contributed by atoms with Gasteiger partial charge >= 0.3 is 5.97 Å². The summed E-state index contributed by atoms with van der Waals surface area (Å²) in [5, 5.41) is 3.10.